The quantitative estimate of drug-likeness (QED) is 0.835. The molecule has 94 valence electrons. The van der Waals surface area contributed by atoms with Crippen LogP contribution in [0.3, 0.4) is 0 Å². The van der Waals surface area contributed by atoms with Crippen molar-refractivity contribution >= 4 is 5.69 Å². The number of nitrogen functional groups attached to an aromatic ring is 1. The van der Waals surface area contributed by atoms with Gasteiger partial charge < -0.3 is 10.5 Å². The molecule has 0 aromatic heterocycles. The van der Waals surface area contributed by atoms with Gasteiger partial charge in [-0.3, -0.25) is 0 Å². The molecule has 0 fully saturated rings. The Morgan fingerprint density at radius 2 is 1.83 bits per heavy atom. The Labute approximate surface area is 106 Å². The lowest BCUT2D eigenvalue weighted by Crippen LogP contribution is -1.94. The second-order valence-corrected chi connectivity index (χ2v) is 4.15. The highest BCUT2D eigenvalue weighted by Crippen LogP contribution is 2.28. The van der Waals surface area contributed by atoms with Gasteiger partial charge in [0.1, 0.15) is 11.6 Å². The van der Waals surface area contributed by atoms with Gasteiger partial charge in [0.25, 0.3) is 0 Å². The molecule has 3 heteroatoms. The molecule has 0 saturated heterocycles. The minimum absolute atomic E-state index is 0.258. The van der Waals surface area contributed by atoms with E-state index in [0.717, 1.165) is 16.9 Å². The molecule has 0 heterocycles. The van der Waals surface area contributed by atoms with Crippen molar-refractivity contribution in [3.05, 3.63) is 47.8 Å². The predicted molar refractivity (Wildman–Crippen MR) is 72.2 cm³/mol. The van der Waals surface area contributed by atoms with E-state index in [-0.39, 0.29) is 5.82 Å². The van der Waals surface area contributed by atoms with E-state index in [0.29, 0.717) is 17.9 Å². The minimum atomic E-state index is -0.258. The molecule has 0 aliphatic carbocycles. The molecule has 18 heavy (non-hydrogen) atoms. The predicted octanol–water partition coefficient (Wildman–Crippen LogP) is 3.78. The maximum absolute atomic E-state index is 13.9. The number of rotatable bonds is 3. The molecule has 0 bridgehead atoms. The van der Waals surface area contributed by atoms with Gasteiger partial charge in [0, 0.05) is 11.3 Å². The Morgan fingerprint density at radius 3 is 2.44 bits per heavy atom. The highest BCUT2D eigenvalue weighted by atomic mass is 19.1. The number of aryl methyl sites for hydroxylation is 1. The number of hydrogen-bond donors (Lipinski definition) is 1. The molecule has 0 amide bonds. The van der Waals surface area contributed by atoms with Crippen LogP contribution in [0.1, 0.15) is 12.5 Å². The van der Waals surface area contributed by atoms with Crippen LogP contribution in [0.2, 0.25) is 0 Å². The number of nitrogens with two attached hydrogens (primary N) is 1. The van der Waals surface area contributed by atoms with Crippen molar-refractivity contribution in [3.8, 4) is 16.9 Å². The van der Waals surface area contributed by atoms with Gasteiger partial charge in [-0.15, -0.1) is 0 Å². The van der Waals surface area contributed by atoms with E-state index >= 15 is 0 Å². The molecule has 2 N–H and O–H groups in total. The van der Waals surface area contributed by atoms with Crippen molar-refractivity contribution in [2.45, 2.75) is 13.8 Å². The second kappa shape index (κ2) is 5.08. The van der Waals surface area contributed by atoms with Crippen molar-refractivity contribution < 1.29 is 9.13 Å². The highest BCUT2D eigenvalue weighted by molar-refractivity contribution is 5.70. The first-order valence-corrected chi connectivity index (χ1v) is 5.90. The maximum Gasteiger partial charge on any atom is 0.131 e. The van der Waals surface area contributed by atoms with Crippen LogP contribution in [-0.2, 0) is 0 Å². The minimum Gasteiger partial charge on any atom is -0.494 e. The van der Waals surface area contributed by atoms with Gasteiger partial charge in [0.2, 0.25) is 0 Å². The summed E-state index contributed by atoms with van der Waals surface area (Å²) in [7, 11) is 0. The summed E-state index contributed by atoms with van der Waals surface area (Å²) in [6.45, 7) is 4.33. The van der Waals surface area contributed by atoms with Crippen LogP contribution in [0.4, 0.5) is 10.1 Å². The van der Waals surface area contributed by atoms with Gasteiger partial charge in [0.15, 0.2) is 0 Å². The number of hydrogen-bond acceptors (Lipinski definition) is 2. The maximum atomic E-state index is 13.9. The van der Waals surface area contributed by atoms with Crippen molar-refractivity contribution in [2.24, 2.45) is 0 Å². The summed E-state index contributed by atoms with van der Waals surface area (Å²) in [6.07, 6.45) is 0. The first-order chi connectivity index (χ1) is 8.61. The summed E-state index contributed by atoms with van der Waals surface area (Å²) in [5, 5.41) is 0. The number of halogens is 1. The number of ether oxygens (including phenoxy) is 1. The molecule has 0 saturated carbocycles. The van der Waals surface area contributed by atoms with Crippen molar-refractivity contribution in [2.75, 3.05) is 12.3 Å². The van der Waals surface area contributed by atoms with E-state index in [1.54, 1.807) is 13.0 Å². The van der Waals surface area contributed by atoms with Gasteiger partial charge in [-0.05, 0) is 49.2 Å². The Balaban J connectivity index is 2.39. The van der Waals surface area contributed by atoms with Gasteiger partial charge in [0.05, 0.1) is 6.61 Å². The number of anilines is 1. The lowest BCUT2D eigenvalue weighted by atomic mass is 10.0. The Bertz CT molecular complexity index is 549. The first kappa shape index (κ1) is 12.4. The van der Waals surface area contributed by atoms with Crippen molar-refractivity contribution in [1.29, 1.82) is 0 Å². The van der Waals surface area contributed by atoms with Gasteiger partial charge in [-0.1, -0.05) is 12.1 Å². The summed E-state index contributed by atoms with van der Waals surface area (Å²) in [5.74, 6) is 0.521. The van der Waals surface area contributed by atoms with Crippen LogP contribution >= 0.6 is 0 Å². The highest BCUT2D eigenvalue weighted by Gasteiger charge is 2.08. The molecule has 0 atom stereocenters. The van der Waals surface area contributed by atoms with Crippen LogP contribution in [0.5, 0.6) is 5.75 Å². The first-order valence-electron chi connectivity index (χ1n) is 5.90. The van der Waals surface area contributed by atoms with E-state index in [1.807, 2.05) is 31.2 Å². The molecule has 0 aliphatic rings. The zero-order valence-corrected chi connectivity index (χ0v) is 10.5. The SMILES string of the molecule is CCOc1ccc(-c2cc(N)c(C)cc2F)cc1. The summed E-state index contributed by atoms with van der Waals surface area (Å²) in [4.78, 5) is 0. The molecule has 2 aromatic carbocycles. The Hall–Kier alpha value is -2.03. The zero-order valence-electron chi connectivity index (χ0n) is 10.5. The molecular weight excluding hydrogens is 229 g/mol. The molecule has 0 aliphatic heterocycles. The summed E-state index contributed by atoms with van der Waals surface area (Å²) < 4.78 is 19.2. The molecule has 2 nitrogen and oxygen atoms in total. The van der Waals surface area contributed by atoms with Crippen LogP contribution in [-0.4, -0.2) is 6.61 Å². The van der Waals surface area contributed by atoms with Crippen LogP contribution in [0.15, 0.2) is 36.4 Å². The average molecular weight is 245 g/mol. The van der Waals surface area contributed by atoms with Crippen molar-refractivity contribution in [1.82, 2.24) is 0 Å². The fourth-order valence-corrected chi connectivity index (χ4v) is 1.81. The van der Waals surface area contributed by atoms with E-state index in [4.69, 9.17) is 10.5 Å². The summed E-state index contributed by atoms with van der Waals surface area (Å²) in [6, 6.07) is 10.4. The third-order valence-electron chi connectivity index (χ3n) is 2.83. The third-order valence-corrected chi connectivity index (χ3v) is 2.83. The fourth-order valence-electron chi connectivity index (χ4n) is 1.81. The van der Waals surface area contributed by atoms with Crippen LogP contribution in [0.25, 0.3) is 11.1 Å². The fraction of sp³-hybridized carbons (Fsp3) is 0.200. The molecule has 0 spiro atoms. The standard InChI is InChI=1S/C15H16FNO/c1-3-18-12-6-4-11(5-7-12)13-9-15(17)10(2)8-14(13)16/h4-9H,3,17H2,1-2H3. The monoisotopic (exact) mass is 245 g/mol. The third kappa shape index (κ3) is 2.45. The smallest absolute Gasteiger partial charge is 0.131 e. The Morgan fingerprint density at radius 1 is 1.17 bits per heavy atom. The van der Waals surface area contributed by atoms with Crippen LogP contribution < -0.4 is 10.5 Å². The van der Waals surface area contributed by atoms with E-state index in [9.17, 15) is 4.39 Å². The molecular formula is C15H16FNO. The van der Waals surface area contributed by atoms with Crippen molar-refractivity contribution in [3.63, 3.8) is 0 Å². The average Bonchev–Trinajstić information content (AvgIpc) is 2.35. The molecule has 0 radical (unpaired) electrons. The van der Waals surface area contributed by atoms with E-state index in [2.05, 4.69) is 0 Å². The Kier molecular flexibility index (Phi) is 3.51. The molecule has 2 aromatic rings. The van der Waals surface area contributed by atoms with Gasteiger partial charge in [-0.2, -0.15) is 0 Å². The molecule has 0 unspecified atom stereocenters. The van der Waals surface area contributed by atoms with Crippen LogP contribution in [0, 0.1) is 12.7 Å². The number of benzene rings is 2. The summed E-state index contributed by atoms with van der Waals surface area (Å²) >= 11 is 0. The normalized spacial score (nSPS) is 10.4. The largest absolute Gasteiger partial charge is 0.494 e. The zero-order chi connectivity index (χ0) is 13.1. The van der Waals surface area contributed by atoms with E-state index < -0.39 is 0 Å². The molecule has 2 rings (SSSR count). The van der Waals surface area contributed by atoms with E-state index in [1.165, 1.54) is 6.07 Å². The van der Waals surface area contributed by atoms with Gasteiger partial charge >= 0.3 is 0 Å². The van der Waals surface area contributed by atoms with Gasteiger partial charge in [-0.25, -0.2) is 4.39 Å². The summed E-state index contributed by atoms with van der Waals surface area (Å²) in [5.41, 5.74) is 8.47. The topological polar surface area (TPSA) is 35.2 Å². The lowest BCUT2D eigenvalue weighted by molar-refractivity contribution is 0.340. The second-order valence-electron chi connectivity index (χ2n) is 4.15. The lowest BCUT2D eigenvalue weighted by Gasteiger charge is -2.08.